The number of benzene rings is 2. The number of nitrogens with one attached hydrogen (secondary N) is 1. The second-order valence-corrected chi connectivity index (χ2v) is 7.24. The summed E-state index contributed by atoms with van der Waals surface area (Å²) >= 11 is 0. The first-order valence-corrected chi connectivity index (χ1v) is 10.5. The van der Waals surface area contributed by atoms with Crippen LogP contribution in [-0.4, -0.2) is 35.0 Å². The van der Waals surface area contributed by atoms with Crippen molar-refractivity contribution in [1.82, 2.24) is 35.0 Å². The summed E-state index contributed by atoms with van der Waals surface area (Å²) in [5, 5.41) is 18.9. The van der Waals surface area contributed by atoms with Gasteiger partial charge in [-0.25, -0.2) is 9.48 Å². The van der Waals surface area contributed by atoms with Gasteiger partial charge in [0, 0.05) is 12.1 Å². The molecule has 31 heavy (non-hydrogen) atoms. The SMILES string of the molecule is CC/C=C/c1nn(CCC)c(=O)n1Cc1ccc(-c2ccccc2-c2nn[nH]n2)cc1. The molecule has 4 aromatic rings. The van der Waals surface area contributed by atoms with Crippen LogP contribution in [0.1, 0.15) is 38.1 Å². The smallest absolute Gasteiger partial charge is 0.271 e. The van der Waals surface area contributed by atoms with Gasteiger partial charge in [0.25, 0.3) is 0 Å². The van der Waals surface area contributed by atoms with Crippen LogP contribution in [0.5, 0.6) is 0 Å². The normalized spacial score (nSPS) is 11.4. The Morgan fingerprint density at radius 1 is 1.03 bits per heavy atom. The Bertz CT molecular complexity index is 1220. The standard InChI is InChI=1S/C23H25N7O/c1-3-5-10-21-26-30(15-4-2)23(31)29(21)16-17-11-13-18(14-12-17)19-8-6-7-9-20(19)22-24-27-28-25-22/h5-14H,3-4,15-16H2,1-2H3,(H,24,25,27,28)/b10-5+. The first-order valence-electron chi connectivity index (χ1n) is 10.5. The zero-order valence-corrected chi connectivity index (χ0v) is 17.7. The van der Waals surface area contributed by atoms with Gasteiger partial charge in [0.1, 0.15) is 0 Å². The molecule has 158 valence electrons. The Balaban J connectivity index is 1.64. The number of hydrogen-bond acceptors (Lipinski definition) is 5. The van der Waals surface area contributed by atoms with Gasteiger partial charge in [-0.1, -0.05) is 68.5 Å². The molecule has 0 aliphatic heterocycles. The summed E-state index contributed by atoms with van der Waals surface area (Å²) in [7, 11) is 0. The highest BCUT2D eigenvalue weighted by molar-refractivity contribution is 5.80. The van der Waals surface area contributed by atoms with Crippen molar-refractivity contribution >= 4 is 6.08 Å². The summed E-state index contributed by atoms with van der Waals surface area (Å²) in [6, 6.07) is 16.1. The lowest BCUT2D eigenvalue weighted by molar-refractivity contribution is 0.570. The molecule has 2 heterocycles. The molecule has 8 nitrogen and oxygen atoms in total. The van der Waals surface area contributed by atoms with Crippen molar-refractivity contribution in [3.8, 4) is 22.5 Å². The quantitative estimate of drug-likeness (QED) is 0.473. The van der Waals surface area contributed by atoms with Crippen LogP contribution in [0.25, 0.3) is 28.6 Å². The third-order valence-electron chi connectivity index (χ3n) is 5.01. The third kappa shape index (κ3) is 4.37. The van der Waals surface area contributed by atoms with Crippen molar-refractivity contribution in [3.63, 3.8) is 0 Å². The zero-order chi connectivity index (χ0) is 21.6. The molecular formula is C23H25N7O. The summed E-state index contributed by atoms with van der Waals surface area (Å²) in [5.74, 6) is 1.24. The maximum absolute atomic E-state index is 12.8. The Morgan fingerprint density at radius 3 is 2.48 bits per heavy atom. The van der Waals surface area contributed by atoms with Gasteiger partial charge >= 0.3 is 5.69 Å². The maximum atomic E-state index is 12.8. The fourth-order valence-electron chi connectivity index (χ4n) is 3.49. The van der Waals surface area contributed by atoms with Gasteiger partial charge in [-0.05, 0) is 40.8 Å². The van der Waals surface area contributed by atoms with E-state index in [4.69, 9.17) is 0 Å². The van der Waals surface area contributed by atoms with Gasteiger partial charge in [0.15, 0.2) is 5.82 Å². The number of aromatic amines is 1. The fourth-order valence-corrected chi connectivity index (χ4v) is 3.49. The lowest BCUT2D eigenvalue weighted by Crippen LogP contribution is -2.25. The van der Waals surface area contributed by atoms with Crippen molar-refractivity contribution in [2.75, 3.05) is 0 Å². The Kier molecular flexibility index (Phi) is 6.16. The largest absolute Gasteiger partial charge is 0.346 e. The predicted molar refractivity (Wildman–Crippen MR) is 120 cm³/mol. The summed E-state index contributed by atoms with van der Waals surface area (Å²) in [6.07, 6.45) is 5.70. The van der Waals surface area contributed by atoms with Gasteiger partial charge in [-0.15, -0.1) is 10.2 Å². The van der Waals surface area contributed by atoms with E-state index >= 15 is 0 Å². The van der Waals surface area contributed by atoms with E-state index < -0.39 is 0 Å². The number of allylic oxidation sites excluding steroid dienone is 1. The molecule has 0 saturated carbocycles. The fraction of sp³-hybridized carbons (Fsp3) is 0.261. The van der Waals surface area contributed by atoms with Crippen molar-refractivity contribution < 1.29 is 0 Å². The number of tetrazole rings is 1. The third-order valence-corrected chi connectivity index (χ3v) is 5.01. The van der Waals surface area contributed by atoms with Crippen LogP contribution in [0.15, 0.2) is 59.4 Å². The molecule has 1 N–H and O–H groups in total. The van der Waals surface area contributed by atoms with E-state index in [1.54, 1.807) is 9.25 Å². The van der Waals surface area contributed by atoms with Gasteiger partial charge in [-0.3, -0.25) is 4.57 Å². The summed E-state index contributed by atoms with van der Waals surface area (Å²) in [6.45, 7) is 5.19. The molecule has 0 bridgehead atoms. The Morgan fingerprint density at radius 2 is 1.81 bits per heavy atom. The molecule has 0 fully saturated rings. The zero-order valence-electron chi connectivity index (χ0n) is 17.7. The first kappa shape index (κ1) is 20.5. The molecule has 0 saturated heterocycles. The average molecular weight is 416 g/mol. The molecule has 0 atom stereocenters. The molecule has 0 unspecified atom stereocenters. The lowest BCUT2D eigenvalue weighted by Gasteiger charge is -2.09. The highest BCUT2D eigenvalue weighted by Gasteiger charge is 2.13. The molecule has 0 radical (unpaired) electrons. The van der Waals surface area contributed by atoms with E-state index in [2.05, 4.69) is 44.8 Å². The second kappa shape index (κ2) is 9.34. The van der Waals surface area contributed by atoms with Crippen molar-refractivity contribution in [2.24, 2.45) is 0 Å². The van der Waals surface area contributed by atoms with E-state index in [-0.39, 0.29) is 5.69 Å². The predicted octanol–water partition coefficient (Wildman–Crippen LogP) is 3.77. The molecule has 0 amide bonds. The minimum Gasteiger partial charge on any atom is -0.271 e. The molecule has 8 heteroatoms. The van der Waals surface area contributed by atoms with Gasteiger partial charge in [0.2, 0.25) is 5.82 Å². The number of rotatable bonds is 8. The molecule has 0 aliphatic carbocycles. The number of aromatic nitrogens is 7. The molecule has 0 spiro atoms. The molecule has 2 aromatic heterocycles. The second-order valence-electron chi connectivity index (χ2n) is 7.24. The molecule has 2 aromatic carbocycles. The van der Waals surface area contributed by atoms with Crippen LogP contribution in [0.2, 0.25) is 0 Å². The molecule has 4 rings (SSSR count). The lowest BCUT2D eigenvalue weighted by atomic mass is 9.98. The van der Waals surface area contributed by atoms with E-state index in [1.165, 1.54) is 0 Å². The summed E-state index contributed by atoms with van der Waals surface area (Å²) in [4.78, 5) is 12.8. The average Bonchev–Trinajstić information content (AvgIpc) is 3.43. The van der Waals surface area contributed by atoms with Crippen molar-refractivity contribution in [1.29, 1.82) is 0 Å². The van der Waals surface area contributed by atoms with Crippen LogP contribution in [0.3, 0.4) is 0 Å². The van der Waals surface area contributed by atoms with Gasteiger partial charge in [-0.2, -0.15) is 10.3 Å². The monoisotopic (exact) mass is 415 g/mol. The minimum absolute atomic E-state index is 0.0795. The van der Waals surface area contributed by atoms with Crippen molar-refractivity contribution in [3.05, 3.63) is 76.5 Å². The van der Waals surface area contributed by atoms with E-state index in [0.29, 0.717) is 24.7 Å². The van der Waals surface area contributed by atoms with Gasteiger partial charge in [0.05, 0.1) is 6.54 Å². The molecular weight excluding hydrogens is 390 g/mol. The number of nitrogens with zero attached hydrogens (tertiary/aromatic N) is 6. The number of aryl methyl sites for hydroxylation is 1. The number of hydrogen-bond donors (Lipinski definition) is 1. The molecule has 0 aliphatic rings. The summed E-state index contributed by atoms with van der Waals surface area (Å²) < 4.78 is 3.27. The Labute approximate surface area is 180 Å². The Hall–Kier alpha value is -3.81. The number of H-pyrrole nitrogens is 1. The topological polar surface area (TPSA) is 94.3 Å². The van der Waals surface area contributed by atoms with Gasteiger partial charge < -0.3 is 0 Å². The first-order chi connectivity index (χ1) is 15.2. The van der Waals surface area contributed by atoms with E-state index in [1.807, 2.05) is 55.5 Å². The van der Waals surface area contributed by atoms with Crippen LogP contribution in [0.4, 0.5) is 0 Å². The highest BCUT2D eigenvalue weighted by Crippen LogP contribution is 2.29. The van der Waals surface area contributed by atoms with E-state index in [0.717, 1.165) is 35.1 Å². The minimum atomic E-state index is -0.0795. The van der Waals surface area contributed by atoms with Crippen LogP contribution in [0, 0.1) is 0 Å². The van der Waals surface area contributed by atoms with Crippen LogP contribution < -0.4 is 5.69 Å². The highest BCUT2D eigenvalue weighted by atomic mass is 16.2. The van der Waals surface area contributed by atoms with Crippen LogP contribution >= 0.6 is 0 Å². The van der Waals surface area contributed by atoms with Crippen LogP contribution in [-0.2, 0) is 13.1 Å². The van der Waals surface area contributed by atoms with E-state index in [9.17, 15) is 4.79 Å². The maximum Gasteiger partial charge on any atom is 0.346 e. The summed E-state index contributed by atoms with van der Waals surface area (Å²) in [5.41, 5.74) is 3.93. The van der Waals surface area contributed by atoms with Crippen molar-refractivity contribution in [2.45, 2.75) is 39.8 Å².